The number of hydrogen-bond donors (Lipinski definition) is 1. The molecular formula is C15H22ClN. The predicted molar refractivity (Wildman–Crippen MR) is 74.2 cm³/mol. The third-order valence-electron chi connectivity index (χ3n) is 4.07. The van der Waals surface area contributed by atoms with Gasteiger partial charge in [-0.25, -0.2) is 0 Å². The van der Waals surface area contributed by atoms with Crippen molar-refractivity contribution in [2.75, 3.05) is 0 Å². The van der Waals surface area contributed by atoms with Gasteiger partial charge in [0, 0.05) is 11.1 Å². The normalized spacial score (nSPS) is 26.8. The third kappa shape index (κ3) is 2.83. The Balaban J connectivity index is 2.18. The summed E-state index contributed by atoms with van der Waals surface area (Å²) in [6.45, 7) is 4.37. The second kappa shape index (κ2) is 5.41. The van der Waals surface area contributed by atoms with Gasteiger partial charge in [0.15, 0.2) is 0 Å². The molecule has 1 fully saturated rings. The molecule has 1 nitrogen and oxygen atoms in total. The van der Waals surface area contributed by atoms with E-state index in [9.17, 15) is 0 Å². The van der Waals surface area contributed by atoms with Gasteiger partial charge in [-0.2, -0.15) is 0 Å². The molecular weight excluding hydrogens is 230 g/mol. The van der Waals surface area contributed by atoms with Gasteiger partial charge in [0.1, 0.15) is 0 Å². The zero-order chi connectivity index (χ0) is 12.4. The van der Waals surface area contributed by atoms with E-state index >= 15 is 0 Å². The zero-order valence-corrected chi connectivity index (χ0v) is 11.5. The fourth-order valence-electron chi connectivity index (χ4n) is 2.99. The Morgan fingerprint density at radius 1 is 1.35 bits per heavy atom. The molecule has 0 spiro atoms. The van der Waals surface area contributed by atoms with E-state index in [1.165, 1.54) is 25.7 Å². The van der Waals surface area contributed by atoms with Crippen molar-refractivity contribution in [1.82, 2.24) is 0 Å². The smallest absolute Gasteiger partial charge is 0.0483 e. The van der Waals surface area contributed by atoms with E-state index in [2.05, 4.69) is 19.1 Å². The fourth-order valence-corrected chi connectivity index (χ4v) is 3.24. The van der Waals surface area contributed by atoms with Crippen LogP contribution in [-0.2, 0) is 0 Å². The molecule has 0 saturated heterocycles. The van der Waals surface area contributed by atoms with Gasteiger partial charge in [0.2, 0.25) is 0 Å². The van der Waals surface area contributed by atoms with Crippen molar-refractivity contribution < 1.29 is 0 Å². The van der Waals surface area contributed by atoms with Gasteiger partial charge >= 0.3 is 0 Å². The quantitative estimate of drug-likeness (QED) is 0.824. The van der Waals surface area contributed by atoms with Crippen LogP contribution in [0.4, 0.5) is 0 Å². The first-order valence-electron chi connectivity index (χ1n) is 6.60. The number of rotatable bonds is 2. The van der Waals surface area contributed by atoms with Crippen molar-refractivity contribution >= 4 is 11.6 Å². The van der Waals surface area contributed by atoms with Gasteiger partial charge in [0.05, 0.1) is 0 Å². The molecule has 1 aromatic rings. The summed E-state index contributed by atoms with van der Waals surface area (Å²) in [4.78, 5) is 0. The summed E-state index contributed by atoms with van der Waals surface area (Å²) in [6, 6.07) is 6.29. The van der Waals surface area contributed by atoms with Gasteiger partial charge in [-0.1, -0.05) is 49.6 Å². The van der Waals surface area contributed by atoms with Crippen molar-refractivity contribution in [3.63, 3.8) is 0 Å². The van der Waals surface area contributed by atoms with Crippen LogP contribution in [0.25, 0.3) is 0 Å². The SMILES string of the molecule is Cc1cccc(C(N)C2CCCC(C)C2)c1Cl. The topological polar surface area (TPSA) is 26.0 Å². The zero-order valence-electron chi connectivity index (χ0n) is 10.7. The van der Waals surface area contributed by atoms with Crippen LogP contribution in [0.5, 0.6) is 0 Å². The van der Waals surface area contributed by atoms with Gasteiger partial charge in [0.25, 0.3) is 0 Å². The van der Waals surface area contributed by atoms with Gasteiger partial charge in [-0.15, -0.1) is 0 Å². The molecule has 1 aromatic carbocycles. The number of halogens is 1. The maximum absolute atomic E-state index is 6.42. The maximum Gasteiger partial charge on any atom is 0.0483 e. The average molecular weight is 252 g/mol. The monoisotopic (exact) mass is 251 g/mol. The Labute approximate surface area is 109 Å². The van der Waals surface area contributed by atoms with Crippen molar-refractivity contribution in [2.24, 2.45) is 17.6 Å². The summed E-state index contributed by atoms with van der Waals surface area (Å²) in [5.41, 5.74) is 8.68. The van der Waals surface area contributed by atoms with E-state index in [1.807, 2.05) is 13.0 Å². The summed E-state index contributed by atoms with van der Waals surface area (Å²) in [5.74, 6) is 1.40. The molecule has 1 aliphatic rings. The summed E-state index contributed by atoms with van der Waals surface area (Å²) in [5, 5.41) is 0.859. The van der Waals surface area contributed by atoms with Crippen LogP contribution in [0.15, 0.2) is 18.2 Å². The number of nitrogens with two attached hydrogens (primary N) is 1. The van der Waals surface area contributed by atoms with Crippen molar-refractivity contribution in [1.29, 1.82) is 0 Å². The molecule has 0 bridgehead atoms. The Kier molecular flexibility index (Phi) is 4.11. The summed E-state index contributed by atoms with van der Waals surface area (Å²) < 4.78 is 0. The lowest BCUT2D eigenvalue weighted by Gasteiger charge is -2.32. The highest BCUT2D eigenvalue weighted by Crippen LogP contribution is 2.38. The van der Waals surface area contributed by atoms with Gasteiger partial charge in [-0.05, 0) is 42.7 Å². The molecule has 3 unspecified atom stereocenters. The third-order valence-corrected chi connectivity index (χ3v) is 4.58. The number of benzene rings is 1. The Bertz CT molecular complexity index is 389. The summed E-state index contributed by atoms with van der Waals surface area (Å²) >= 11 is 6.36. The standard InChI is InChI=1S/C15H22ClN/c1-10-5-3-7-12(9-10)15(17)13-8-4-6-11(2)14(13)16/h4,6,8,10,12,15H,3,5,7,9,17H2,1-2H3. The molecule has 0 aromatic heterocycles. The van der Waals surface area contributed by atoms with Crippen molar-refractivity contribution in [3.8, 4) is 0 Å². The minimum atomic E-state index is 0.102. The number of hydrogen-bond acceptors (Lipinski definition) is 1. The molecule has 0 amide bonds. The fraction of sp³-hybridized carbons (Fsp3) is 0.600. The van der Waals surface area contributed by atoms with E-state index in [0.717, 1.165) is 22.1 Å². The highest BCUT2D eigenvalue weighted by atomic mass is 35.5. The van der Waals surface area contributed by atoms with E-state index in [-0.39, 0.29) is 6.04 Å². The maximum atomic E-state index is 6.42. The second-order valence-corrected chi connectivity index (χ2v) is 5.91. The molecule has 2 rings (SSSR count). The van der Waals surface area contributed by atoms with Crippen LogP contribution in [0.3, 0.4) is 0 Å². The Morgan fingerprint density at radius 3 is 2.82 bits per heavy atom. The first-order valence-corrected chi connectivity index (χ1v) is 6.98. The molecule has 1 aliphatic carbocycles. The molecule has 3 atom stereocenters. The van der Waals surface area contributed by atoms with E-state index in [0.29, 0.717) is 5.92 Å². The van der Waals surface area contributed by atoms with Crippen LogP contribution in [0, 0.1) is 18.8 Å². The predicted octanol–water partition coefficient (Wildman–Crippen LogP) is 4.47. The van der Waals surface area contributed by atoms with Crippen LogP contribution < -0.4 is 5.73 Å². The van der Waals surface area contributed by atoms with Crippen LogP contribution in [0.2, 0.25) is 5.02 Å². The molecule has 2 N–H and O–H groups in total. The van der Waals surface area contributed by atoms with E-state index < -0.39 is 0 Å². The molecule has 17 heavy (non-hydrogen) atoms. The van der Waals surface area contributed by atoms with Crippen molar-refractivity contribution in [3.05, 3.63) is 34.3 Å². The largest absolute Gasteiger partial charge is 0.324 e. The van der Waals surface area contributed by atoms with Gasteiger partial charge in [-0.3, -0.25) is 0 Å². The molecule has 94 valence electrons. The summed E-state index contributed by atoms with van der Waals surface area (Å²) in [6.07, 6.45) is 5.15. The first kappa shape index (κ1) is 12.9. The first-order chi connectivity index (χ1) is 8.09. The lowest BCUT2D eigenvalue weighted by atomic mass is 9.77. The molecule has 0 aliphatic heterocycles. The average Bonchev–Trinajstić information content (AvgIpc) is 2.32. The van der Waals surface area contributed by atoms with Gasteiger partial charge < -0.3 is 5.73 Å². The van der Waals surface area contributed by atoms with E-state index in [4.69, 9.17) is 17.3 Å². The van der Waals surface area contributed by atoms with E-state index in [1.54, 1.807) is 0 Å². The molecule has 0 heterocycles. The van der Waals surface area contributed by atoms with Crippen LogP contribution in [-0.4, -0.2) is 0 Å². The Hall–Kier alpha value is -0.530. The molecule has 0 radical (unpaired) electrons. The number of aryl methyl sites for hydroxylation is 1. The lowest BCUT2D eigenvalue weighted by molar-refractivity contribution is 0.248. The molecule has 2 heteroatoms. The molecule has 1 saturated carbocycles. The highest BCUT2D eigenvalue weighted by molar-refractivity contribution is 6.32. The second-order valence-electron chi connectivity index (χ2n) is 5.54. The summed E-state index contributed by atoms with van der Waals surface area (Å²) in [7, 11) is 0. The minimum Gasteiger partial charge on any atom is -0.324 e. The Morgan fingerprint density at radius 2 is 2.12 bits per heavy atom. The van der Waals surface area contributed by atoms with Crippen molar-refractivity contribution in [2.45, 2.75) is 45.6 Å². The lowest BCUT2D eigenvalue weighted by Crippen LogP contribution is -2.26. The van der Waals surface area contributed by atoms with Crippen LogP contribution in [0.1, 0.15) is 49.8 Å². The minimum absolute atomic E-state index is 0.102. The highest BCUT2D eigenvalue weighted by Gasteiger charge is 2.26. The van der Waals surface area contributed by atoms with Crippen LogP contribution >= 0.6 is 11.6 Å².